The van der Waals surface area contributed by atoms with Crippen molar-refractivity contribution in [1.82, 2.24) is 0 Å². The minimum atomic E-state index is -0.328. The molecule has 0 saturated heterocycles. The number of hydrogen-bond acceptors (Lipinski definition) is 3. The number of aliphatic hydroxyl groups excluding tert-OH is 1. The maximum atomic E-state index is 13.3. The molecule has 17 heavy (non-hydrogen) atoms. The van der Waals surface area contributed by atoms with Crippen LogP contribution in [0, 0.1) is 11.7 Å². The normalized spacial score (nSPS) is 12.5. The van der Waals surface area contributed by atoms with E-state index in [9.17, 15) is 4.39 Å². The summed E-state index contributed by atoms with van der Waals surface area (Å²) in [5, 5.41) is 12.0. The number of nitrogens with one attached hydrogen (secondary N) is 1. The van der Waals surface area contributed by atoms with Crippen LogP contribution < -0.4 is 11.1 Å². The zero-order valence-corrected chi connectivity index (χ0v) is 11.4. The third-order valence-corrected chi connectivity index (χ3v) is 3.20. The zero-order chi connectivity index (χ0) is 12.8. The highest BCUT2D eigenvalue weighted by molar-refractivity contribution is 9.10. The van der Waals surface area contributed by atoms with E-state index in [1.807, 2.05) is 6.92 Å². The van der Waals surface area contributed by atoms with E-state index in [0.717, 1.165) is 19.4 Å². The molecule has 1 rings (SSSR count). The lowest BCUT2D eigenvalue weighted by Crippen LogP contribution is -2.08. The predicted molar refractivity (Wildman–Crippen MR) is 72.5 cm³/mol. The first-order valence-corrected chi connectivity index (χ1v) is 6.43. The van der Waals surface area contributed by atoms with Gasteiger partial charge in [-0.15, -0.1) is 0 Å². The molecule has 0 radical (unpaired) electrons. The molecule has 1 aromatic rings. The molecule has 0 aliphatic heterocycles. The van der Waals surface area contributed by atoms with Crippen LogP contribution in [0.15, 0.2) is 16.6 Å². The molecule has 96 valence electrons. The van der Waals surface area contributed by atoms with Crippen LogP contribution in [0.5, 0.6) is 0 Å². The molecule has 0 amide bonds. The Morgan fingerprint density at radius 2 is 2.24 bits per heavy atom. The van der Waals surface area contributed by atoms with Gasteiger partial charge in [-0.05, 0) is 40.8 Å². The van der Waals surface area contributed by atoms with Gasteiger partial charge in [-0.25, -0.2) is 4.39 Å². The number of anilines is 2. The SMILES string of the molecule is CC(CO)CCCNc1cc(F)c(Br)cc1N. The molecule has 1 aromatic carbocycles. The van der Waals surface area contributed by atoms with E-state index in [0.29, 0.717) is 21.8 Å². The first-order chi connectivity index (χ1) is 8.04. The van der Waals surface area contributed by atoms with Gasteiger partial charge in [-0.3, -0.25) is 0 Å². The maximum absolute atomic E-state index is 13.3. The predicted octanol–water partition coefficient (Wildman–Crippen LogP) is 2.99. The molecule has 1 atom stereocenters. The van der Waals surface area contributed by atoms with Crippen LogP contribution in [-0.2, 0) is 0 Å². The van der Waals surface area contributed by atoms with E-state index in [1.54, 1.807) is 6.07 Å². The molecule has 0 saturated carbocycles. The molecule has 0 aliphatic rings. The van der Waals surface area contributed by atoms with Gasteiger partial charge in [0.2, 0.25) is 0 Å². The number of rotatable bonds is 6. The topological polar surface area (TPSA) is 58.3 Å². The average molecular weight is 305 g/mol. The summed E-state index contributed by atoms with van der Waals surface area (Å²) < 4.78 is 13.6. The van der Waals surface area contributed by atoms with Crippen molar-refractivity contribution in [3.8, 4) is 0 Å². The number of benzene rings is 1. The third kappa shape index (κ3) is 4.52. The van der Waals surface area contributed by atoms with Crippen LogP contribution >= 0.6 is 15.9 Å². The van der Waals surface area contributed by atoms with Crippen LogP contribution in [0.25, 0.3) is 0 Å². The Kier molecular flexibility index (Phi) is 5.71. The highest BCUT2D eigenvalue weighted by Crippen LogP contribution is 2.26. The molecule has 0 fully saturated rings. The van der Waals surface area contributed by atoms with Gasteiger partial charge in [0.25, 0.3) is 0 Å². The monoisotopic (exact) mass is 304 g/mol. The number of nitrogen functional groups attached to an aromatic ring is 1. The third-order valence-electron chi connectivity index (χ3n) is 2.59. The van der Waals surface area contributed by atoms with Crippen LogP contribution in [0.3, 0.4) is 0 Å². The summed E-state index contributed by atoms with van der Waals surface area (Å²) in [4.78, 5) is 0. The fourth-order valence-electron chi connectivity index (χ4n) is 1.48. The van der Waals surface area contributed by atoms with Crippen molar-refractivity contribution < 1.29 is 9.50 Å². The Morgan fingerprint density at radius 3 is 2.88 bits per heavy atom. The summed E-state index contributed by atoms with van der Waals surface area (Å²) >= 11 is 3.08. The second-order valence-corrected chi connectivity index (χ2v) is 5.06. The van der Waals surface area contributed by atoms with E-state index < -0.39 is 0 Å². The Hall–Kier alpha value is -0.810. The quantitative estimate of drug-likeness (QED) is 0.559. The van der Waals surface area contributed by atoms with Gasteiger partial charge in [0, 0.05) is 19.2 Å². The van der Waals surface area contributed by atoms with Crippen molar-refractivity contribution in [2.45, 2.75) is 19.8 Å². The van der Waals surface area contributed by atoms with E-state index in [4.69, 9.17) is 10.8 Å². The molecule has 3 nitrogen and oxygen atoms in total. The average Bonchev–Trinajstić information content (AvgIpc) is 2.30. The van der Waals surface area contributed by atoms with Crippen molar-refractivity contribution >= 4 is 27.3 Å². The summed E-state index contributed by atoms with van der Waals surface area (Å²) in [5.74, 6) is -0.0266. The van der Waals surface area contributed by atoms with Crippen LogP contribution in [0.4, 0.5) is 15.8 Å². The zero-order valence-electron chi connectivity index (χ0n) is 9.84. The molecule has 5 heteroatoms. The number of aliphatic hydroxyl groups is 1. The molecule has 4 N–H and O–H groups in total. The van der Waals surface area contributed by atoms with Crippen molar-refractivity contribution in [3.05, 3.63) is 22.4 Å². The van der Waals surface area contributed by atoms with Crippen molar-refractivity contribution in [2.75, 3.05) is 24.2 Å². The smallest absolute Gasteiger partial charge is 0.139 e. The van der Waals surface area contributed by atoms with Crippen molar-refractivity contribution in [1.29, 1.82) is 0 Å². The first-order valence-electron chi connectivity index (χ1n) is 5.63. The summed E-state index contributed by atoms with van der Waals surface area (Å²) in [5.41, 5.74) is 6.89. The van der Waals surface area contributed by atoms with Gasteiger partial charge in [-0.2, -0.15) is 0 Å². The lowest BCUT2D eigenvalue weighted by atomic mass is 10.1. The van der Waals surface area contributed by atoms with Crippen molar-refractivity contribution in [3.63, 3.8) is 0 Å². The van der Waals surface area contributed by atoms with Crippen LogP contribution in [0.1, 0.15) is 19.8 Å². The Bertz CT molecular complexity index is 374. The molecule has 0 spiro atoms. The molecule has 0 heterocycles. The van der Waals surface area contributed by atoms with Crippen molar-refractivity contribution in [2.24, 2.45) is 5.92 Å². The maximum Gasteiger partial charge on any atom is 0.139 e. The largest absolute Gasteiger partial charge is 0.397 e. The Labute approximate surface area is 109 Å². The molecule has 0 aromatic heterocycles. The minimum absolute atomic E-state index is 0.203. The first kappa shape index (κ1) is 14.3. The number of halogens is 2. The van der Waals surface area contributed by atoms with Gasteiger partial charge in [-0.1, -0.05) is 6.92 Å². The summed E-state index contributed by atoms with van der Waals surface area (Å²) in [6.07, 6.45) is 1.85. The van der Waals surface area contributed by atoms with E-state index in [1.165, 1.54) is 6.07 Å². The summed E-state index contributed by atoms with van der Waals surface area (Å²) in [7, 11) is 0. The fourth-order valence-corrected chi connectivity index (χ4v) is 1.84. The minimum Gasteiger partial charge on any atom is -0.397 e. The molecule has 0 bridgehead atoms. The van der Waals surface area contributed by atoms with Crippen LogP contribution in [-0.4, -0.2) is 18.3 Å². The molecular weight excluding hydrogens is 287 g/mol. The van der Waals surface area contributed by atoms with Crippen LogP contribution in [0.2, 0.25) is 0 Å². The lowest BCUT2D eigenvalue weighted by molar-refractivity contribution is 0.229. The van der Waals surface area contributed by atoms with Gasteiger partial charge in [0.1, 0.15) is 5.82 Å². The molecule has 0 aliphatic carbocycles. The van der Waals surface area contributed by atoms with E-state index in [-0.39, 0.29) is 12.4 Å². The van der Waals surface area contributed by atoms with Gasteiger partial charge >= 0.3 is 0 Å². The number of nitrogens with two attached hydrogens (primary N) is 1. The number of hydrogen-bond donors (Lipinski definition) is 3. The summed E-state index contributed by atoms with van der Waals surface area (Å²) in [6.45, 7) is 2.92. The molecule has 1 unspecified atom stereocenters. The Balaban J connectivity index is 2.44. The fraction of sp³-hybridized carbons (Fsp3) is 0.500. The second kappa shape index (κ2) is 6.81. The molecular formula is C12H18BrFN2O. The van der Waals surface area contributed by atoms with E-state index >= 15 is 0 Å². The highest BCUT2D eigenvalue weighted by atomic mass is 79.9. The second-order valence-electron chi connectivity index (χ2n) is 4.21. The Morgan fingerprint density at radius 1 is 1.53 bits per heavy atom. The standard InChI is InChI=1S/C12H18BrFN2O/c1-8(7-17)3-2-4-16-12-6-10(14)9(13)5-11(12)15/h5-6,8,16-17H,2-4,7,15H2,1H3. The van der Waals surface area contributed by atoms with Gasteiger partial charge < -0.3 is 16.2 Å². The van der Waals surface area contributed by atoms with Gasteiger partial charge in [0.05, 0.1) is 15.8 Å². The lowest BCUT2D eigenvalue weighted by Gasteiger charge is -2.11. The highest BCUT2D eigenvalue weighted by Gasteiger charge is 2.05. The van der Waals surface area contributed by atoms with Gasteiger partial charge in [0.15, 0.2) is 0 Å². The summed E-state index contributed by atoms with van der Waals surface area (Å²) in [6, 6.07) is 2.93. The van der Waals surface area contributed by atoms with E-state index in [2.05, 4.69) is 21.2 Å².